The molecule has 6 heterocycles. The molecule has 9 heteroatoms. The van der Waals surface area contributed by atoms with E-state index in [4.69, 9.17) is 4.74 Å². The molecule has 0 radical (unpaired) electrons. The van der Waals surface area contributed by atoms with E-state index in [0.717, 1.165) is 86.0 Å². The monoisotopic (exact) mass is 1510 g/mol. The van der Waals surface area contributed by atoms with Crippen LogP contribution in [0.2, 0.25) is 0 Å². The van der Waals surface area contributed by atoms with Crippen molar-refractivity contribution in [2.24, 2.45) is 0 Å². The Labute approximate surface area is 635 Å². The summed E-state index contributed by atoms with van der Waals surface area (Å²) in [7, 11) is 1.59. The van der Waals surface area contributed by atoms with Crippen molar-refractivity contribution in [3.63, 3.8) is 0 Å². The van der Waals surface area contributed by atoms with Crippen LogP contribution < -0.4 is 36.6 Å². The lowest BCUT2D eigenvalue weighted by molar-refractivity contribution is 0.418. The standard InChI is InChI=1S/C34H36P2.C28H28OP2.C18H28P2.C14H28P2/c1-5-13-27(14-6-1)31-21-22-32(28-15-7-2-8-16-28)35(31)25-26-36-33(29-17-9-3-10-18-29)23-24-34(36)30-19-11-4-12-20-30;1-23-13-9-11-19-27(23)30(24-14-5-3-6-15-24)21-22-31(25-16-7-4-8-17-25)28-20-12-10-18-26(28)29-2;1-13-9-10-14(2)19(13)17-7-5-6-8-18(17)20-15(3)11-12-16(20)4;1-11-5-6-12(2)15(11)9-10-16-13(3)7-8-14(16)4/h1-20,31-34H,21-26H2;3-20H,21-22H2,1-2H3;5-8,13-16H,9-12H2,1-4H3;11-14H,5-10H2,1-4H3/t31-,32-,33-,34-;;13-,14-,15-,16-;11-,12-,13-,14-/m1.00/s1. The van der Waals surface area contributed by atoms with Gasteiger partial charge in [0, 0.05) is 27.9 Å². The lowest BCUT2D eigenvalue weighted by Crippen LogP contribution is -2.28. The van der Waals surface area contributed by atoms with Crippen molar-refractivity contribution in [3.8, 4) is 5.75 Å². The molecular formula is C94H120OP8. The van der Waals surface area contributed by atoms with Crippen molar-refractivity contribution in [2.75, 3.05) is 44.1 Å². The zero-order valence-corrected chi connectivity index (χ0v) is 71.0. The lowest BCUT2D eigenvalue weighted by Gasteiger charge is -2.32. The molecule has 103 heavy (non-hydrogen) atoms. The Bertz CT molecular complexity index is 3640. The summed E-state index contributed by atoms with van der Waals surface area (Å²) >= 11 is 0. The molecule has 542 valence electrons. The van der Waals surface area contributed by atoms with E-state index in [9.17, 15) is 0 Å². The predicted octanol–water partition coefficient (Wildman–Crippen LogP) is 26.2. The van der Waals surface area contributed by atoms with E-state index in [0.29, 0.717) is 15.8 Å². The Kier molecular flexibility index (Phi) is 30.2. The molecule has 9 aromatic carbocycles. The van der Waals surface area contributed by atoms with Crippen molar-refractivity contribution >= 4 is 95.2 Å². The summed E-state index contributed by atoms with van der Waals surface area (Å²) in [5.74, 6) is 0.998. The number of para-hydroxylation sites is 1. The van der Waals surface area contributed by atoms with Gasteiger partial charge in [0.1, 0.15) is 5.75 Å². The number of benzene rings is 9. The Hall–Kier alpha value is -3.78. The zero-order valence-electron chi connectivity index (χ0n) is 63.9. The van der Waals surface area contributed by atoms with Crippen LogP contribution in [0.3, 0.4) is 0 Å². The molecule has 2 unspecified atom stereocenters. The van der Waals surface area contributed by atoms with Gasteiger partial charge in [-0.3, -0.25) is 0 Å². The largest absolute Gasteiger partial charge is 0.496 e. The SMILES string of the molecule is COc1ccccc1P(CCP(c1ccccc1)c1ccccc1C)c1ccccc1.C[C@H]1CC[C@H](C)P1CCP1[C@@H](C)CC[C@@H]1C.C[C@H]1CC[C@H](C)P1c1ccccc1P1[C@@H](C)CC[C@@H]1C.c1ccc([C@H]2CC[C@H](c3ccccc3)P2CCP2[C@@H](c3ccccc3)CC[C@@H]2c2ccccc2)cc1. The van der Waals surface area contributed by atoms with Gasteiger partial charge in [0.2, 0.25) is 0 Å². The average molecular weight is 1510 g/mol. The minimum atomic E-state index is -0.509. The normalized spacial score (nSPS) is 26.0. The highest BCUT2D eigenvalue weighted by Gasteiger charge is 2.43. The third kappa shape index (κ3) is 20.2. The summed E-state index contributed by atoms with van der Waals surface area (Å²) < 4.78 is 5.76. The minimum Gasteiger partial charge on any atom is -0.496 e. The number of rotatable bonds is 20. The molecule has 1 nitrogen and oxygen atoms in total. The number of hydrogen-bond donors (Lipinski definition) is 0. The maximum Gasteiger partial charge on any atom is 0.126 e. The molecule has 6 fully saturated rings. The van der Waals surface area contributed by atoms with Crippen LogP contribution in [-0.4, -0.2) is 89.4 Å². The highest BCUT2D eigenvalue weighted by Crippen LogP contribution is 2.75. The summed E-state index contributed by atoms with van der Waals surface area (Å²) in [4.78, 5) is 0. The molecule has 0 N–H and O–H groups in total. The van der Waals surface area contributed by atoms with Crippen molar-refractivity contribution in [3.05, 3.63) is 283 Å². The molecule has 14 atom stereocenters. The number of ether oxygens (including phenoxy) is 1. The van der Waals surface area contributed by atoms with Crippen molar-refractivity contribution < 1.29 is 4.74 Å². The third-order valence-corrected chi connectivity index (χ3v) is 51.2. The molecule has 0 spiro atoms. The number of aryl methyl sites for hydroxylation is 1. The van der Waals surface area contributed by atoms with Crippen LogP contribution in [0.15, 0.2) is 255 Å². The number of hydrogen-bond acceptors (Lipinski definition) is 1. The van der Waals surface area contributed by atoms with Crippen molar-refractivity contribution in [2.45, 2.75) is 207 Å². The fraction of sp³-hybridized carbons (Fsp3) is 0.426. The molecule has 6 aliphatic heterocycles. The van der Waals surface area contributed by atoms with E-state index in [2.05, 4.69) is 317 Å². The molecule has 0 aliphatic carbocycles. The van der Waals surface area contributed by atoms with Crippen LogP contribution in [-0.2, 0) is 0 Å². The summed E-state index contributed by atoms with van der Waals surface area (Å²) in [5.41, 5.74) is 18.7. The van der Waals surface area contributed by atoms with Gasteiger partial charge in [-0.05, 0) is 242 Å². The Morgan fingerprint density at radius 3 is 0.874 bits per heavy atom. The first kappa shape index (κ1) is 78.8. The second-order valence-corrected chi connectivity index (χ2v) is 53.3. The van der Waals surface area contributed by atoms with Crippen LogP contribution in [0, 0.1) is 6.92 Å². The van der Waals surface area contributed by atoms with Crippen LogP contribution >= 0.6 is 63.4 Å². The summed E-state index contributed by atoms with van der Waals surface area (Å²) in [5, 5.41) is 9.26. The van der Waals surface area contributed by atoms with Crippen LogP contribution in [0.1, 0.15) is 183 Å². The topological polar surface area (TPSA) is 9.23 Å². The summed E-state index contributed by atoms with van der Waals surface area (Å²) in [6, 6.07) is 94.8. The lowest BCUT2D eigenvalue weighted by atomic mass is 10.0. The van der Waals surface area contributed by atoms with E-state index in [-0.39, 0.29) is 31.7 Å². The Morgan fingerprint density at radius 2 is 0.544 bits per heavy atom. The van der Waals surface area contributed by atoms with Gasteiger partial charge in [0.25, 0.3) is 0 Å². The molecule has 0 amide bonds. The van der Waals surface area contributed by atoms with E-state index in [1.807, 2.05) is 0 Å². The maximum atomic E-state index is 5.76. The summed E-state index contributed by atoms with van der Waals surface area (Å²) in [6.07, 6.45) is 25.6. The molecule has 15 rings (SSSR count). The van der Waals surface area contributed by atoms with E-state index in [1.54, 1.807) is 52.3 Å². The van der Waals surface area contributed by atoms with Gasteiger partial charge < -0.3 is 4.74 Å². The fourth-order valence-corrected chi connectivity index (χ4v) is 46.8. The van der Waals surface area contributed by atoms with Crippen LogP contribution in [0.25, 0.3) is 0 Å². The van der Waals surface area contributed by atoms with Crippen molar-refractivity contribution in [1.29, 1.82) is 0 Å². The molecule has 9 aromatic rings. The van der Waals surface area contributed by atoms with Gasteiger partial charge in [-0.25, -0.2) is 0 Å². The quantitative estimate of drug-likeness (QED) is 0.0691. The Balaban J connectivity index is 0.000000135. The fourth-order valence-electron chi connectivity index (χ4n) is 18.5. The van der Waals surface area contributed by atoms with E-state index >= 15 is 0 Å². The highest BCUT2D eigenvalue weighted by molar-refractivity contribution is 7.77. The van der Waals surface area contributed by atoms with Gasteiger partial charge in [-0.1, -0.05) is 336 Å². The first-order valence-corrected chi connectivity index (χ1v) is 52.2. The predicted molar refractivity (Wildman–Crippen MR) is 474 cm³/mol. The second-order valence-electron chi connectivity index (χ2n) is 30.6. The average Bonchev–Trinajstić information content (AvgIpc) is 1.71. The van der Waals surface area contributed by atoms with Crippen LogP contribution in [0.5, 0.6) is 5.75 Å². The highest BCUT2D eigenvalue weighted by atomic mass is 31.1. The first-order chi connectivity index (χ1) is 50.3. The number of methoxy groups -OCH3 is 1. The molecule has 0 saturated carbocycles. The molecule has 0 aromatic heterocycles. The maximum absolute atomic E-state index is 5.76. The summed E-state index contributed by atoms with van der Waals surface area (Å²) in [6.45, 7) is 22.3. The van der Waals surface area contributed by atoms with Crippen LogP contribution in [0.4, 0.5) is 0 Å². The third-order valence-electron chi connectivity index (χ3n) is 24.1. The van der Waals surface area contributed by atoms with Gasteiger partial charge >= 0.3 is 0 Å². The van der Waals surface area contributed by atoms with Gasteiger partial charge in [-0.2, -0.15) is 0 Å². The minimum absolute atomic E-state index is 0.0785. The first-order valence-electron chi connectivity index (χ1n) is 39.6. The Morgan fingerprint density at radius 1 is 0.282 bits per heavy atom. The van der Waals surface area contributed by atoms with Gasteiger partial charge in [0.05, 0.1) is 7.11 Å². The molecular weight excluding hydrogens is 1390 g/mol. The molecule has 0 bridgehead atoms. The van der Waals surface area contributed by atoms with Gasteiger partial charge in [0.15, 0.2) is 0 Å². The second kappa shape index (κ2) is 39.5. The van der Waals surface area contributed by atoms with E-state index < -0.39 is 15.8 Å². The molecule has 6 aliphatic rings. The molecule has 6 saturated heterocycles. The van der Waals surface area contributed by atoms with Crippen molar-refractivity contribution in [1.82, 2.24) is 0 Å². The van der Waals surface area contributed by atoms with Gasteiger partial charge in [-0.15, -0.1) is 15.8 Å². The smallest absolute Gasteiger partial charge is 0.126 e. The van der Waals surface area contributed by atoms with E-state index in [1.165, 1.54) is 116 Å². The zero-order chi connectivity index (χ0) is 71.6.